The fraction of sp³-hybridized carbons (Fsp3) is 0.0556. The molecule has 2 heterocycles. The smallest absolute Gasteiger partial charge is 0.360 e. The molecule has 0 unspecified atom stereocenters. The topological polar surface area (TPSA) is 70.2 Å². The van der Waals surface area contributed by atoms with Crippen molar-refractivity contribution in [1.29, 1.82) is 0 Å². The summed E-state index contributed by atoms with van der Waals surface area (Å²) in [5.74, 6) is -0.515. The predicted octanol–water partition coefficient (Wildman–Crippen LogP) is 3.47. The number of methoxy groups -OCH3 is 1. The Morgan fingerprint density at radius 1 is 1.12 bits per heavy atom. The highest BCUT2D eigenvalue weighted by molar-refractivity contribution is 6.01. The molecule has 6 heteroatoms. The highest BCUT2D eigenvalue weighted by Crippen LogP contribution is 2.27. The van der Waals surface area contributed by atoms with Gasteiger partial charge in [0.15, 0.2) is 11.3 Å². The minimum Gasteiger partial charge on any atom is -0.464 e. The zero-order valence-corrected chi connectivity index (χ0v) is 12.8. The average Bonchev–Trinajstić information content (AvgIpc) is 3.28. The Kier molecular flexibility index (Phi) is 3.35. The van der Waals surface area contributed by atoms with Crippen LogP contribution in [-0.4, -0.2) is 28.0 Å². The van der Waals surface area contributed by atoms with Gasteiger partial charge in [0.1, 0.15) is 0 Å². The summed E-state index contributed by atoms with van der Waals surface area (Å²) in [6.07, 6.45) is 3.72. The number of carbonyl (C=O) groups excluding carboxylic acids is 1. The summed E-state index contributed by atoms with van der Waals surface area (Å²) < 4.78 is 11.7. The van der Waals surface area contributed by atoms with Crippen LogP contribution in [-0.2, 0) is 4.74 Å². The molecule has 0 N–H and O–H groups in total. The van der Waals surface area contributed by atoms with Gasteiger partial charge in [-0.2, -0.15) is 5.10 Å². The highest BCUT2D eigenvalue weighted by atomic mass is 16.5. The van der Waals surface area contributed by atoms with Crippen molar-refractivity contribution in [3.63, 3.8) is 0 Å². The van der Waals surface area contributed by atoms with E-state index in [2.05, 4.69) is 10.3 Å². The Hall–Kier alpha value is -3.41. The molecule has 0 aliphatic rings. The van der Waals surface area contributed by atoms with Crippen molar-refractivity contribution in [1.82, 2.24) is 14.9 Å². The number of hydrogen-bond donors (Lipinski definition) is 0. The summed E-state index contributed by atoms with van der Waals surface area (Å²) >= 11 is 0. The first kappa shape index (κ1) is 14.2. The number of carbonyl (C=O) groups is 1. The van der Waals surface area contributed by atoms with Crippen LogP contribution in [0.2, 0.25) is 0 Å². The zero-order valence-electron chi connectivity index (χ0n) is 12.8. The lowest BCUT2D eigenvalue weighted by Crippen LogP contribution is -2.01. The van der Waals surface area contributed by atoms with Crippen molar-refractivity contribution >= 4 is 16.9 Å². The second kappa shape index (κ2) is 5.66. The third kappa shape index (κ3) is 2.34. The minimum atomic E-state index is -0.515. The Labute approximate surface area is 137 Å². The lowest BCUT2D eigenvalue weighted by Gasteiger charge is -2.00. The SMILES string of the molecule is COC(=O)c1noc2cc(-c3cnn(-c4ccccc4)c3)ccc12. The standard InChI is InChI=1S/C18H13N3O3/c1-23-18(22)17-15-8-7-12(9-16(15)24-20-17)13-10-19-21(11-13)14-5-3-2-4-6-14/h2-11H,1H3. The van der Waals surface area contributed by atoms with E-state index in [-0.39, 0.29) is 5.69 Å². The minimum absolute atomic E-state index is 0.180. The van der Waals surface area contributed by atoms with Crippen molar-refractivity contribution < 1.29 is 14.1 Å². The number of nitrogens with zero attached hydrogens (tertiary/aromatic N) is 3. The molecule has 2 aromatic carbocycles. The molecule has 6 nitrogen and oxygen atoms in total. The quantitative estimate of drug-likeness (QED) is 0.541. The average molecular weight is 319 g/mol. The molecule has 0 spiro atoms. The maximum Gasteiger partial charge on any atom is 0.360 e. The van der Waals surface area contributed by atoms with E-state index in [1.807, 2.05) is 48.7 Å². The van der Waals surface area contributed by atoms with Gasteiger partial charge in [-0.05, 0) is 29.8 Å². The second-order valence-corrected chi connectivity index (χ2v) is 5.24. The Morgan fingerprint density at radius 2 is 1.96 bits per heavy atom. The Balaban J connectivity index is 1.73. The van der Waals surface area contributed by atoms with Crippen LogP contribution in [0.3, 0.4) is 0 Å². The molecule has 0 aliphatic carbocycles. The van der Waals surface area contributed by atoms with E-state index < -0.39 is 5.97 Å². The molecule has 0 amide bonds. The monoisotopic (exact) mass is 319 g/mol. The van der Waals surface area contributed by atoms with Crippen LogP contribution < -0.4 is 0 Å². The lowest BCUT2D eigenvalue weighted by molar-refractivity contribution is 0.0591. The van der Waals surface area contributed by atoms with E-state index in [4.69, 9.17) is 9.26 Å². The van der Waals surface area contributed by atoms with Gasteiger partial charge in [0.25, 0.3) is 0 Å². The molecule has 24 heavy (non-hydrogen) atoms. The summed E-state index contributed by atoms with van der Waals surface area (Å²) in [6, 6.07) is 15.4. The third-order valence-corrected chi connectivity index (χ3v) is 3.79. The molecule has 0 radical (unpaired) electrons. The van der Waals surface area contributed by atoms with Gasteiger partial charge in [-0.3, -0.25) is 0 Å². The van der Waals surface area contributed by atoms with Crippen LogP contribution in [0.1, 0.15) is 10.5 Å². The highest BCUT2D eigenvalue weighted by Gasteiger charge is 2.17. The first-order valence-corrected chi connectivity index (χ1v) is 7.34. The summed E-state index contributed by atoms with van der Waals surface area (Å²) in [5.41, 5.74) is 3.56. The molecule has 4 rings (SSSR count). The fourth-order valence-corrected chi connectivity index (χ4v) is 2.55. The largest absolute Gasteiger partial charge is 0.464 e. The van der Waals surface area contributed by atoms with Crippen molar-refractivity contribution in [2.75, 3.05) is 7.11 Å². The lowest BCUT2D eigenvalue weighted by atomic mass is 10.1. The number of aromatic nitrogens is 3. The number of benzene rings is 2. The van der Waals surface area contributed by atoms with E-state index in [1.54, 1.807) is 16.9 Å². The van der Waals surface area contributed by atoms with Crippen molar-refractivity contribution in [3.05, 3.63) is 66.6 Å². The number of fused-ring (bicyclic) bond motifs is 1. The molecule has 0 saturated carbocycles. The van der Waals surface area contributed by atoms with Crippen molar-refractivity contribution in [3.8, 4) is 16.8 Å². The predicted molar refractivity (Wildman–Crippen MR) is 87.9 cm³/mol. The Bertz CT molecular complexity index is 1020. The molecule has 118 valence electrons. The third-order valence-electron chi connectivity index (χ3n) is 3.79. The number of para-hydroxylation sites is 1. The van der Waals surface area contributed by atoms with Gasteiger partial charge < -0.3 is 9.26 Å². The molecule has 0 aliphatic heterocycles. The summed E-state index contributed by atoms with van der Waals surface area (Å²) in [5, 5.41) is 8.80. The van der Waals surface area contributed by atoms with Crippen LogP contribution in [0.25, 0.3) is 27.8 Å². The van der Waals surface area contributed by atoms with Crippen molar-refractivity contribution in [2.24, 2.45) is 0 Å². The first-order valence-electron chi connectivity index (χ1n) is 7.34. The fourth-order valence-electron chi connectivity index (χ4n) is 2.55. The van der Waals surface area contributed by atoms with E-state index in [9.17, 15) is 4.79 Å². The Morgan fingerprint density at radius 3 is 2.75 bits per heavy atom. The zero-order chi connectivity index (χ0) is 16.5. The molecule has 2 aromatic heterocycles. The van der Waals surface area contributed by atoms with Gasteiger partial charge in [-0.1, -0.05) is 29.4 Å². The van der Waals surface area contributed by atoms with E-state index >= 15 is 0 Å². The summed E-state index contributed by atoms with van der Waals surface area (Å²) in [7, 11) is 1.31. The van der Waals surface area contributed by atoms with Gasteiger partial charge in [0, 0.05) is 11.8 Å². The maximum absolute atomic E-state index is 11.6. The van der Waals surface area contributed by atoms with Gasteiger partial charge in [0.2, 0.25) is 0 Å². The normalized spacial score (nSPS) is 10.9. The van der Waals surface area contributed by atoms with Crippen LogP contribution in [0.4, 0.5) is 0 Å². The van der Waals surface area contributed by atoms with Gasteiger partial charge in [-0.15, -0.1) is 0 Å². The first-order chi connectivity index (χ1) is 11.8. The number of ether oxygens (including phenoxy) is 1. The molecule has 0 atom stereocenters. The maximum atomic E-state index is 11.6. The van der Waals surface area contributed by atoms with Gasteiger partial charge in [-0.25, -0.2) is 9.48 Å². The molecule has 0 saturated heterocycles. The number of esters is 1. The molecular weight excluding hydrogens is 306 g/mol. The number of hydrogen-bond acceptors (Lipinski definition) is 5. The van der Waals surface area contributed by atoms with Gasteiger partial charge >= 0.3 is 5.97 Å². The second-order valence-electron chi connectivity index (χ2n) is 5.24. The molecular formula is C18H13N3O3. The van der Waals surface area contributed by atoms with Crippen LogP contribution in [0.5, 0.6) is 0 Å². The van der Waals surface area contributed by atoms with Crippen molar-refractivity contribution in [2.45, 2.75) is 0 Å². The van der Waals surface area contributed by atoms with E-state index in [0.717, 1.165) is 16.8 Å². The van der Waals surface area contributed by atoms with Crippen LogP contribution in [0.15, 0.2) is 65.4 Å². The van der Waals surface area contributed by atoms with Crippen LogP contribution >= 0.6 is 0 Å². The number of rotatable bonds is 3. The summed E-state index contributed by atoms with van der Waals surface area (Å²) in [4.78, 5) is 11.6. The molecule has 0 fully saturated rings. The molecule has 4 aromatic rings. The molecule has 0 bridgehead atoms. The van der Waals surface area contributed by atoms with Crippen LogP contribution in [0, 0.1) is 0 Å². The van der Waals surface area contributed by atoms with E-state index in [0.29, 0.717) is 11.0 Å². The summed E-state index contributed by atoms with van der Waals surface area (Å²) in [6.45, 7) is 0. The van der Waals surface area contributed by atoms with Gasteiger partial charge in [0.05, 0.1) is 24.4 Å². The van der Waals surface area contributed by atoms with E-state index in [1.165, 1.54) is 7.11 Å².